The number of H-pyrrole nitrogens is 1. The van der Waals surface area contributed by atoms with Crippen LogP contribution in [0.25, 0.3) is 10.8 Å². The third kappa shape index (κ3) is 0.811. The van der Waals surface area contributed by atoms with Crippen LogP contribution >= 0.6 is 0 Å². The zero-order valence-corrected chi connectivity index (χ0v) is 7.31. The molecule has 0 radical (unpaired) electrons. The minimum atomic E-state index is 0.886. The van der Waals surface area contributed by atoms with Gasteiger partial charge in [-0.2, -0.15) is 0 Å². The van der Waals surface area contributed by atoms with Crippen molar-refractivity contribution in [2.45, 2.75) is 13.8 Å². The van der Waals surface area contributed by atoms with Gasteiger partial charge in [-0.3, -0.25) is 0 Å². The van der Waals surface area contributed by atoms with Crippen molar-refractivity contribution in [2.75, 3.05) is 5.73 Å². The molecule has 0 spiro atoms. The molecule has 2 rings (SSSR count). The number of nitrogens with two attached hydrogens (primary N) is 1. The number of nitrogen functional groups attached to an aromatic ring is 1. The van der Waals surface area contributed by atoms with E-state index in [2.05, 4.69) is 18.0 Å². The second-order valence-corrected chi connectivity index (χ2v) is 3.21. The summed E-state index contributed by atoms with van der Waals surface area (Å²) < 4.78 is 0. The Morgan fingerprint density at radius 1 is 1.08 bits per heavy atom. The Morgan fingerprint density at radius 3 is 2.50 bits per heavy atom. The average Bonchev–Trinajstić information content (AvgIpc) is 2.48. The van der Waals surface area contributed by atoms with Crippen LogP contribution in [0.15, 0.2) is 18.5 Å². The summed E-state index contributed by atoms with van der Waals surface area (Å²) in [4.78, 5) is 3.07. The Labute approximate surface area is 71.4 Å². The first-order valence-corrected chi connectivity index (χ1v) is 4.02. The van der Waals surface area contributed by atoms with Crippen LogP contribution in [0.4, 0.5) is 5.69 Å². The quantitative estimate of drug-likeness (QED) is 0.571. The maximum Gasteiger partial charge on any atom is 0.0438 e. The monoisotopic (exact) mass is 160 g/mol. The number of hydrogen-bond donors (Lipinski definition) is 2. The summed E-state index contributed by atoms with van der Waals surface area (Å²) in [5.41, 5.74) is 9.23. The zero-order valence-electron chi connectivity index (χ0n) is 7.31. The van der Waals surface area contributed by atoms with Gasteiger partial charge < -0.3 is 10.7 Å². The van der Waals surface area contributed by atoms with Crippen LogP contribution in [0, 0.1) is 13.8 Å². The number of fused-ring (bicyclic) bond motifs is 1. The highest BCUT2D eigenvalue weighted by Gasteiger charge is 2.04. The Balaban J connectivity index is 2.97. The maximum absolute atomic E-state index is 5.91. The van der Waals surface area contributed by atoms with E-state index in [-0.39, 0.29) is 0 Å². The number of aromatic nitrogens is 1. The number of nitrogens with one attached hydrogen (secondary N) is 1. The first-order chi connectivity index (χ1) is 5.70. The molecular weight excluding hydrogens is 148 g/mol. The molecule has 0 amide bonds. The first kappa shape index (κ1) is 7.22. The van der Waals surface area contributed by atoms with Crippen LogP contribution in [-0.2, 0) is 0 Å². The van der Waals surface area contributed by atoms with Gasteiger partial charge >= 0.3 is 0 Å². The van der Waals surface area contributed by atoms with E-state index in [1.54, 1.807) is 0 Å². The topological polar surface area (TPSA) is 41.8 Å². The molecule has 0 aliphatic rings. The van der Waals surface area contributed by atoms with E-state index in [4.69, 9.17) is 5.73 Å². The van der Waals surface area contributed by atoms with Crippen molar-refractivity contribution in [3.8, 4) is 0 Å². The summed E-state index contributed by atoms with van der Waals surface area (Å²) in [6.07, 6.45) is 3.94. The minimum Gasteiger partial charge on any atom is -0.398 e. The highest BCUT2D eigenvalue weighted by Crippen LogP contribution is 2.26. The molecule has 3 N–H and O–H groups in total. The fourth-order valence-electron chi connectivity index (χ4n) is 1.61. The molecule has 1 aromatic heterocycles. The third-order valence-corrected chi connectivity index (χ3v) is 2.32. The summed E-state index contributed by atoms with van der Waals surface area (Å²) in [5.74, 6) is 0. The highest BCUT2D eigenvalue weighted by atomic mass is 14.7. The van der Waals surface area contributed by atoms with Crippen molar-refractivity contribution < 1.29 is 0 Å². The SMILES string of the molecule is Cc1cc(C)c2c[nH]cc2c1N. The first-order valence-electron chi connectivity index (χ1n) is 4.02. The fraction of sp³-hybridized carbons (Fsp3) is 0.200. The summed E-state index contributed by atoms with van der Waals surface area (Å²) in [5, 5.41) is 2.35. The van der Waals surface area contributed by atoms with Crippen LogP contribution in [0.3, 0.4) is 0 Å². The van der Waals surface area contributed by atoms with E-state index in [1.165, 1.54) is 10.9 Å². The van der Waals surface area contributed by atoms with Crippen molar-refractivity contribution in [1.82, 2.24) is 4.98 Å². The van der Waals surface area contributed by atoms with Crippen molar-refractivity contribution in [1.29, 1.82) is 0 Å². The lowest BCUT2D eigenvalue weighted by Gasteiger charge is -2.03. The fourth-order valence-corrected chi connectivity index (χ4v) is 1.61. The lowest BCUT2D eigenvalue weighted by Crippen LogP contribution is -1.90. The molecule has 0 aliphatic carbocycles. The number of hydrogen-bond acceptors (Lipinski definition) is 1. The Kier molecular flexibility index (Phi) is 1.37. The summed E-state index contributed by atoms with van der Waals surface area (Å²) in [7, 11) is 0. The zero-order chi connectivity index (χ0) is 8.72. The second-order valence-electron chi connectivity index (χ2n) is 3.21. The molecule has 0 unspecified atom stereocenters. The molecule has 0 aliphatic heterocycles. The molecular formula is C10H12N2. The third-order valence-electron chi connectivity index (χ3n) is 2.32. The lowest BCUT2D eigenvalue weighted by molar-refractivity contribution is 1.42. The van der Waals surface area contributed by atoms with Gasteiger partial charge in [-0.15, -0.1) is 0 Å². The predicted molar refractivity (Wildman–Crippen MR) is 52.2 cm³/mol. The Bertz CT molecular complexity index is 427. The van der Waals surface area contributed by atoms with Crippen LogP contribution in [0.1, 0.15) is 11.1 Å². The van der Waals surface area contributed by atoms with E-state index >= 15 is 0 Å². The number of rotatable bonds is 0. The van der Waals surface area contributed by atoms with Gasteiger partial charge in [0.2, 0.25) is 0 Å². The molecule has 0 saturated heterocycles. The van der Waals surface area contributed by atoms with Crippen molar-refractivity contribution in [3.05, 3.63) is 29.6 Å². The minimum absolute atomic E-state index is 0.886. The van der Waals surface area contributed by atoms with Crippen molar-refractivity contribution in [2.24, 2.45) is 0 Å². The van der Waals surface area contributed by atoms with Gasteiger partial charge in [0.1, 0.15) is 0 Å². The molecule has 1 aromatic carbocycles. The van der Waals surface area contributed by atoms with Gasteiger partial charge in [-0.1, -0.05) is 6.07 Å². The standard InChI is InChI=1S/C10H12N2/c1-6-3-7(2)10(11)9-5-12-4-8(6)9/h3-5,12H,11H2,1-2H3. The number of benzene rings is 1. The predicted octanol–water partition coefficient (Wildman–Crippen LogP) is 2.37. The van der Waals surface area contributed by atoms with E-state index in [0.29, 0.717) is 0 Å². The largest absolute Gasteiger partial charge is 0.398 e. The summed E-state index contributed by atoms with van der Waals surface area (Å²) >= 11 is 0. The molecule has 0 bridgehead atoms. The molecule has 0 atom stereocenters. The molecule has 1 heterocycles. The smallest absolute Gasteiger partial charge is 0.0438 e. The van der Waals surface area contributed by atoms with E-state index in [1.807, 2.05) is 19.3 Å². The highest BCUT2D eigenvalue weighted by molar-refractivity contribution is 5.96. The van der Waals surface area contributed by atoms with Crippen LogP contribution < -0.4 is 5.73 Å². The summed E-state index contributed by atoms with van der Waals surface area (Å²) in [6, 6.07) is 2.12. The van der Waals surface area contributed by atoms with Gasteiger partial charge in [0.05, 0.1) is 0 Å². The van der Waals surface area contributed by atoms with Gasteiger partial charge in [-0.25, -0.2) is 0 Å². The van der Waals surface area contributed by atoms with Crippen molar-refractivity contribution in [3.63, 3.8) is 0 Å². The molecule has 62 valence electrons. The normalized spacial score (nSPS) is 10.8. The van der Waals surface area contributed by atoms with Crippen LogP contribution in [-0.4, -0.2) is 4.98 Å². The number of aryl methyl sites for hydroxylation is 2. The van der Waals surface area contributed by atoms with E-state index < -0.39 is 0 Å². The number of anilines is 1. The average molecular weight is 160 g/mol. The van der Waals surface area contributed by atoms with Crippen LogP contribution in [0.5, 0.6) is 0 Å². The number of aromatic amines is 1. The second kappa shape index (κ2) is 2.27. The summed E-state index contributed by atoms with van der Waals surface area (Å²) in [6.45, 7) is 4.14. The Hall–Kier alpha value is -1.44. The van der Waals surface area contributed by atoms with Gasteiger partial charge in [0.25, 0.3) is 0 Å². The molecule has 12 heavy (non-hydrogen) atoms. The molecule has 2 heteroatoms. The molecule has 2 nitrogen and oxygen atoms in total. The van der Waals surface area contributed by atoms with E-state index in [0.717, 1.165) is 16.6 Å². The molecule has 0 saturated carbocycles. The molecule has 0 fully saturated rings. The van der Waals surface area contributed by atoms with E-state index in [9.17, 15) is 0 Å². The Morgan fingerprint density at radius 2 is 1.75 bits per heavy atom. The van der Waals surface area contributed by atoms with Gasteiger partial charge in [-0.05, 0) is 25.0 Å². The van der Waals surface area contributed by atoms with Gasteiger partial charge in [0.15, 0.2) is 0 Å². The maximum atomic E-state index is 5.91. The van der Waals surface area contributed by atoms with Crippen molar-refractivity contribution >= 4 is 16.5 Å². The van der Waals surface area contributed by atoms with Crippen LogP contribution in [0.2, 0.25) is 0 Å². The van der Waals surface area contributed by atoms with Gasteiger partial charge in [0, 0.05) is 28.9 Å². The lowest BCUT2D eigenvalue weighted by atomic mass is 10.0. The molecule has 2 aromatic rings.